The molecule has 1 aliphatic carbocycles. The number of carbonyl (C=O) groups is 2. The minimum atomic E-state index is -0.831. The van der Waals surface area contributed by atoms with E-state index in [0.717, 1.165) is 54.5 Å². The Balaban J connectivity index is 1.67. The highest BCUT2D eigenvalue weighted by Crippen LogP contribution is 2.38. The van der Waals surface area contributed by atoms with Crippen LogP contribution < -0.4 is 4.74 Å². The Hall–Kier alpha value is -2.07. The van der Waals surface area contributed by atoms with Crippen molar-refractivity contribution in [3.8, 4) is 5.75 Å². The lowest BCUT2D eigenvalue weighted by Crippen LogP contribution is -2.36. The standard InChI is InChI=1S/C28H36O3S/c1-18-16-21(17-19(2)27(18)31-28(4,5)20(3)29)10-11-22-8-7-9-25(22)26(30)23-12-14-24(32-6)15-13-23/h12-17,22,25H,7-11H2,1-6H3/t22-,25+/m0/s1. The molecule has 0 unspecified atom stereocenters. The monoisotopic (exact) mass is 452 g/mol. The van der Waals surface area contributed by atoms with Crippen molar-refractivity contribution in [2.45, 2.75) is 77.2 Å². The minimum Gasteiger partial charge on any atom is -0.480 e. The smallest absolute Gasteiger partial charge is 0.172 e. The van der Waals surface area contributed by atoms with Crippen molar-refractivity contribution in [2.24, 2.45) is 11.8 Å². The number of hydrogen-bond donors (Lipinski definition) is 0. The summed E-state index contributed by atoms with van der Waals surface area (Å²) >= 11 is 1.70. The molecule has 2 atom stereocenters. The summed E-state index contributed by atoms with van der Waals surface area (Å²) < 4.78 is 6.08. The Kier molecular flexibility index (Phi) is 7.87. The first-order chi connectivity index (χ1) is 15.1. The second kappa shape index (κ2) is 10.2. The number of benzene rings is 2. The summed E-state index contributed by atoms with van der Waals surface area (Å²) in [6.45, 7) is 9.28. The first-order valence-corrected chi connectivity index (χ1v) is 12.8. The third-order valence-corrected chi connectivity index (χ3v) is 7.64. The van der Waals surface area contributed by atoms with E-state index in [1.807, 2.05) is 52.0 Å². The molecule has 0 aromatic heterocycles. The summed E-state index contributed by atoms with van der Waals surface area (Å²) in [6.07, 6.45) is 7.30. The summed E-state index contributed by atoms with van der Waals surface area (Å²) in [5, 5.41) is 0. The van der Waals surface area contributed by atoms with Crippen LogP contribution in [0.15, 0.2) is 41.3 Å². The van der Waals surface area contributed by atoms with E-state index in [0.29, 0.717) is 11.7 Å². The highest BCUT2D eigenvalue weighted by Gasteiger charge is 2.33. The maximum absolute atomic E-state index is 13.2. The molecule has 2 aromatic carbocycles. The van der Waals surface area contributed by atoms with Gasteiger partial charge in [0, 0.05) is 16.4 Å². The number of rotatable bonds is 9. The summed E-state index contributed by atoms with van der Waals surface area (Å²) in [5.41, 5.74) is 3.41. The van der Waals surface area contributed by atoms with Crippen molar-refractivity contribution in [2.75, 3.05) is 6.26 Å². The molecule has 32 heavy (non-hydrogen) atoms. The van der Waals surface area contributed by atoms with Gasteiger partial charge in [-0.1, -0.05) is 30.7 Å². The van der Waals surface area contributed by atoms with Gasteiger partial charge in [0.15, 0.2) is 17.2 Å². The molecule has 3 nitrogen and oxygen atoms in total. The topological polar surface area (TPSA) is 43.4 Å². The molecule has 4 heteroatoms. The van der Waals surface area contributed by atoms with Crippen LogP contribution in [0.3, 0.4) is 0 Å². The van der Waals surface area contributed by atoms with E-state index in [-0.39, 0.29) is 11.7 Å². The van der Waals surface area contributed by atoms with Gasteiger partial charge in [-0.25, -0.2) is 0 Å². The molecule has 1 aliphatic rings. The van der Waals surface area contributed by atoms with Gasteiger partial charge in [-0.05, 0) is 101 Å². The Morgan fingerprint density at radius 1 is 1.06 bits per heavy atom. The van der Waals surface area contributed by atoms with Gasteiger partial charge >= 0.3 is 0 Å². The van der Waals surface area contributed by atoms with Gasteiger partial charge in [-0.15, -0.1) is 11.8 Å². The fourth-order valence-electron chi connectivity index (χ4n) is 4.72. The molecule has 0 amide bonds. The van der Waals surface area contributed by atoms with Crippen LogP contribution in [0.5, 0.6) is 5.75 Å². The van der Waals surface area contributed by atoms with E-state index < -0.39 is 5.60 Å². The van der Waals surface area contributed by atoms with Crippen molar-refractivity contribution < 1.29 is 14.3 Å². The average molecular weight is 453 g/mol. The van der Waals surface area contributed by atoms with Crippen LogP contribution in [0.1, 0.15) is 73.5 Å². The molecule has 1 saturated carbocycles. The molecular weight excluding hydrogens is 416 g/mol. The van der Waals surface area contributed by atoms with Crippen LogP contribution in [0.25, 0.3) is 0 Å². The fourth-order valence-corrected chi connectivity index (χ4v) is 5.13. The van der Waals surface area contributed by atoms with Crippen LogP contribution in [0.2, 0.25) is 0 Å². The van der Waals surface area contributed by atoms with E-state index in [1.165, 1.54) is 10.5 Å². The lowest BCUT2D eigenvalue weighted by Gasteiger charge is -2.26. The summed E-state index contributed by atoms with van der Waals surface area (Å²) in [6, 6.07) is 12.4. The molecule has 0 bridgehead atoms. The van der Waals surface area contributed by atoms with Crippen LogP contribution in [-0.4, -0.2) is 23.4 Å². The van der Waals surface area contributed by atoms with Gasteiger partial charge in [-0.2, -0.15) is 0 Å². The SMILES string of the molecule is CSc1ccc(C(=O)[C@@H]2CCC[C@H]2CCc2cc(C)c(OC(C)(C)C(C)=O)c(C)c2)cc1. The molecule has 1 fully saturated rings. The number of carbonyl (C=O) groups excluding carboxylic acids is 2. The first-order valence-electron chi connectivity index (χ1n) is 11.6. The number of hydrogen-bond acceptors (Lipinski definition) is 4. The molecule has 0 saturated heterocycles. The largest absolute Gasteiger partial charge is 0.480 e. The number of aryl methyl sites for hydroxylation is 3. The number of ketones is 2. The predicted octanol–water partition coefficient (Wildman–Crippen LogP) is 7.00. The van der Waals surface area contributed by atoms with Crippen LogP contribution in [-0.2, 0) is 11.2 Å². The zero-order valence-corrected chi connectivity index (χ0v) is 21.1. The lowest BCUT2D eigenvalue weighted by atomic mass is 9.84. The van der Waals surface area contributed by atoms with Crippen LogP contribution in [0.4, 0.5) is 0 Å². The lowest BCUT2D eigenvalue weighted by molar-refractivity contribution is -0.129. The Morgan fingerprint density at radius 2 is 1.69 bits per heavy atom. The van der Waals surface area contributed by atoms with Crippen molar-refractivity contribution >= 4 is 23.3 Å². The van der Waals surface area contributed by atoms with E-state index in [2.05, 4.69) is 18.4 Å². The normalized spacial score (nSPS) is 18.6. The third-order valence-electron chi connectivity index (χ3n) is 6.90. The van der Waals surface area contributed by atoms with Crippen LogP contribution in [0, 0.1) is 25.7 Å². The van der Waals surface area contributed by atoms with Gasteiger partial charge in [0.1, 0.15) is 5.75 Å². The quantitative estimate of drug-likeness (QED) is 0.303. The number of ether oxygens (including phenoxy) is 1. The third kappa shape index (κ3) is 5.64. The molecule has 3 rings (SSSR count). The molecule has 0 heterocycles. The van der Waals surface area contributed by atoms with Crippen molar-refractivity contribution in [1.82, 2.24) is 0 Å². The highest BCUT2D eigenvalue weighted by molar-refractivity contribution is 7.98. The molecule has 0 aliphatic heterocycles. The first kappa shape index (κ1) is 24.6. The minimum absolute atomic E-state index is 0.0143. The maximum atomic E-state index is 13.2. The molecule has 0 N–H and O–H groups in total. The van der Waals surface area contributed by atoms with E-state index >= 15 is 0 Å². The second-order valence-electron chi connectivity index (χ2n) is 9.66. The summed E-state index contributed by atoms with van der Waals surface area (Å²) in [7, 11) is 0. The molecule has 0 spiro atoms. The molecule has 2 aromatic rings. The van der Waals surface area contributed by atoms with Crippen molar-refractivity contribution in [1.29, 1.82) is 0 Å². The predicted molar refractivity (Wildman–Crippen MR) is 133 cm³/mol. The summed E-state index contributed by atoms with van der Waals surface area (Å²) in [5.74, 6) is 1.70. The maximum Gasteiger partial charge on any atom is 0.172 e. The van der Waals surface area contributed by atoms with Gasteiger partial charge < -0.3 is 4.74 Å². The Labute approximate surface area is 197 Å². The van der Waals surface area contributed by atoms with Crippen molar-refractivity contribution in [3.63, 3.8) is 0 Å². The Bertz CT molecular complexity index is 952. The van der Waals surface area contributed by atoms with Gasteiger partial charge in [0.05, 0.1) is 0 Å². The van der Waals surface area contributed by atoms with Gasteiger partial charge in [0.2, 0.25) is 0 Å². The molecular formula is C28H36O3S. The second-order valence-corrected chi connectivity index (χ2v) is 10.5. The zero-order valence-electron chi connectivity index (χ0n) is 20.3. The number of Topliss-reactive ketones (excluding diaryl/α,β-unsaturated/α-hetero) is 2. The highest BCUT2D eigenvalue weighted by atomic mass is 32.2. The fraction of sp³-hybridized carbons (Fsp3) is 0.500. The zero-order chi connectivity index (χ0) is 23.5. The van der Waals surface area contributed by atoms with E-state index in [1.54, 1.807) is 18.7 Å². The van der Waals surface area contributed by atoms with Gasteiger partial charge in [-0.3, -0.25) is 9.59 Å². The van der Waals surface area contributed by atoms with Crippen LogP contribution >= 0.6 is 11.8 Å². The van der Waals surface area contributed by atoms with Crippen molar-refractivity contribution in [3.05, 3.63) is 58.7 Å². The molecule has 172 valence electrons. The Morgan fingerprint density at radius 3 is 2.25 bits per heavy atom. The van der Waals surface area contributed by atoms with E-state index in [4.69, 9.17) is 4.74 Å². The summed E-state index contributed by atoms with van der Waals surface area (Å²) in [4.78, 5) is 26.2. The van der Waals surface area contributed by atoms with Gasteiger partial charge in [0.25, 0.3) is 0 Å². The average Bonchev–Trinajstić information content (AvgIpc) is 3.23. The number of thioether (sulfide) groups is 1. The molecule has 0 radical (unpaired) electrons. The van der Waals surface area contributed by atoms with E-state index in [9.17, 15) is 9.59 Å².